The van der Waals surface area contributed by atoms with E-state index in [-0.39, 0.29) is 24.3 Å². The Labute approximate surface area is 151 Å². The first-order chi connectivity index (χ1) is 11.7. The first-order valence-electron chi connectivity index (χ1n) is 9.21. The summed E-state index contributed by atoms with van der Waals surface area (Å²) in [5, 5.41) is 6.57. The van der Waals surface area contributed by atoms with E-state index in [1.165, 1.54) is 5.56 Å². The smallest absolute Gasteiger partial charge is 0.407 e. The molecule has 5 nitrogen and oxygen atoms in total. The van der Waals surface area contributed by atoms with Crippen LogP contribution in [0.3, 0.4) is 0 Å². The van der Waals surface area contributed by atoms with Crippen LogP contribution in [0.15, 0.2) is 24.3 Å². The first-order valence-corrected chi connectivity index (χ1v) is 9.21. The zero-order chi connectivity index (χ0) is 18.4. The fourth-order valence-electron chi connectivity index (χ4n) is 3.04. The number of amides is 1. The van der Waals surface area contributed by atoms with Gasteiger partial charge < -0.3 is 20.1 Å². The Morgan fingerprint density at radius 3 is 2.40 bits per heavy atom. The quantitative estimate of drug-likeness (QED) is 0.815. The zero-order valence-corrected chi connectivity index (χ0v) is 16.1. The SMILES string of the molecule is CC(C)Oc1ccc(CNC2CCCC2NC(=O)OC(C)(C)C)cc1. The third kappa shape index (κ3) is 6.94. The molecule has 0 radical (unpaired) electrons. The van der Waals surface area contributed by atoms with E-state index >= 15 is 0 Å². The van der Waals surface area contributed by atoms with Crippen LogP contribution in [0, 0.1) is 0 Å². The third-order valence-electron chi connectivity index (χ3n) is 4.08. The van der Waals surface area contributed by atoms with Crippen molar-refractivity contribution in [2.24, 2.45) is 0 Å². The molecule has 1 saturated carbocycles. The molecular formula is C20H32N2O3. The van der Waals surface area contributed by atoms with Crippen LogP contribution >= 0.6 is 0 Å². The number of nitrogens with one attached hydrogen (secondary N) is 2. The van der Waals surface area contributed by atoms with Crippen LogP contribution in [0.1, 0.15) is 59.4 Å². The topological polar surface area (TPSA) is 59.6 Å². The van der Waals surface area contributed by atoms with Crippen LogP contribution in [0.25, 0.3) is 0 Å². The molecular weight excluding hydrogens is 316 g/mol. The third-order valence-corrected chi connectivity index (χ3v) is 4.08. The van der Waals surface area contributed by atoms with Crippen molar-refractivity contribution in [2.75, 3.05) is 0 Å². The van der Waals surface area contributed by atoms with E-state index in [1.807, 2.05) is 46.8 Å². The van der Waals surface area contributed by atoms with Crippen molar-refractivity contribution >= 4 is 6.09 Å². The number of benzene rings is 1. The molecule has 2 unspecified atom stereocenters. The Morgan fingerprint density at radius 2 is 1.80 bits per heavy atom. The lowest BCUT2D eigenvalue weighted by molar-refractivity contribution is 0.0498. The Morgan fingerprint density at radius 1 is 1.16 bits per heavy atom. The molecule has 0 aliphatic heterocycles. The highest BCUT2D eigenvalue weighted by molar-refractivity contribution is 5.68. The van der Waals surface area contributed by atoms with E-state index in [2.05, 4.69) is 22.8 Å². The van der Waals surface area contributed by atoms with Gasteiger partial charge in [0.15, 0.2) is 0 Å². The van der Waals surface area contributed by atoms with Gasteiger partial charge in [0.2, 0.25) is 0 Å². The van der Waals surface area contributed by atoms with Crippen molar-refractivity contribution in [3.63, 3.8) is 0 Å². The predicted molar refractivity (Wildman–Crippen MR) is 99.8 cm³/mol. The van der Waals surface area contributed by atoms with Crippen molar-refractivity contribution in [1.82, 2.24) is 10.6 Å². The second-order valence-electron chi connectivity index (χ2n) is 7.98. The second kappa shape index (κ2) is 8.56. The van der Waals surface area contributed by atoms with Crippen LogP contribution in [0.2, 0.25) is 0 Å². The summed E-state index contributed by atoms with van der Waals surface area (Å²) in [5.74, 6) is 0.893. The largest absolute Gasteiger partial charge is 0.491 e. The molecule has 2 N–H and O–H groups in total. The second-order valence-corrected chi connectivity index (χ2v) is 7.98. The Balaban J connectivity index is 1.82. The Kier molecular flexibility index (Phi) is 6.71. The summed E-state index contributed by atoms with van der Waals surface area (Å²) in [7, 11) is 0. The summed E-state index contributed by atoms with van der Waals surface area (Å²) in [5.41, 5.74) is 0.741. The van der Waals surface area contributed by atoms with Crippen LogP contribution < -0.4 is 15.4 Å². The van der Waals surface area contributed by atoms with E-state index in [9.17, 15) is 4.79 Å². The van der Waals surface area contributed by atoms with Gasteiger partial charge in [-0.25, -0.2) is 4.79 Å². The molecule has 25 heavy (non-hydrogen) atoms. The Bertz CT molecular complexity index is 549. The number of rotatable bonds is 6. The van der Waals surface area contributed by atoms with Crippen molar-refractivity contribution in [3.05, 3.63) is 29.8 Å². The summed E-state index contributed by atoms with van der Waals surface area (Å²) in [4.78, 5) is 12.0. The summed E-state index contributed by atoms with van der Waals surface area (Å²) >= 11 is 0. The highest BCUT2D eigenvalue weighted by Gasteiger charge is 2.29. The average molecular weight is 348 g/mol. The van der Waals surface area contributed by atoms with Crippen molar-refractivity contribution in [1.29, 1.82) is 0 Å². The Hall–Kier alpha value is -1.75. The van der Waals surface area contributed by atoms with Crippen molar-refractivity contribution in [3.8, 4) is 5.75 Å². The lowest BCUT2D eigenvalue weighted by Gasteiger charge is -2.25. The highest BCUT2D eigenvalue weighted by atomic mass is 16.6. The van der Waals surface area contributed by atoms with Gasteiger partial charge in [0.1, 0.15) is 11.4 Å². The molecule has 0 spiro atoms. The first kappa shape index (κ1) is 19.6. The molecule has 2 atom stereocenters. The minimum atomic E-state index is -0.467. The molecule has 1 aromatic carbocycles. The number of ether oxygens (including phenoxy) is 2. The lowest BCUT2D eigenvalue weighted by Crippen LogP contribution is -2.47. The minimum absolute atomic E-state index is 0.124. The van der Waals surface area contributed by atoms with E-state index < -0.39 is 5.60 Å². The molecule has 0 bridgehead atoms. The monoisotopic (exact) mass is 348 g/mol. The average Bonchev–Trinajstić information content (AvgIpc) is 2.91. The normalized spacial score (nSPS) is 20.6. The maximum Gasteiger partial charge on any atom is 0.407 e. The van der Waals surface area contributed by atoms with Gasteiger partial charge in [-0.1, -0.05) is 12.1 Å². The van der Waals surface area contributed by atoms with E-state index in [0.29, 0.717) is 0 Å². The molecule has 0 aromatic heterocycles. The lowest BCUT2D eigenvalue weighted by atomic mass is 10.1. The number of carbonyl (C=O) groups excluding carboxylic acids is 1. The van der Waals surface area contributed by atoms with E-state index in [4.69, 9.17) is 9.47 Å². The molecule has 1 amide bonds. The van der Waals surface area contributed by atoms with Gasteiger partial charge in [-0.05, 0) is 71.6 Å². The van der Waals surface area contributed by atoms with E-state index in [0.717, 1.165) is 31.6 Å². The molecule has 5 heteroatoms. The molecule has 140 valence electrons. The van der Waals surface area contributed by atoms with E-state index in [1.54, 1.807) is 0 Å². The van der Waals surface area contributed by atoms with Gasteiger partial charge in [0.05, 0.1) is 6.10 Å². The fourth-order valence-corrected chi connectivity index (χ4v) is 3.04. The number of alkyl carbamates (subject to hydrolysis) is 1. The molecule has 1 aliphatic carbocycles. The number of carbonyl (C=O) groups is 1. The standard InChI is InChI=1S/C20H32N2O3/c1-14(2)24-16-11-9-15(10-12-16)13-21-17-7-6-8-18(17)22-19(23)25-20(3,4)5/h9-12,14,17-18,21H,6-8,13H2,1-5H3,(H,22,23). The summed E-state index contributed by atoms with van der Waals surface area (Å²) in [6.07, 6.45) is 3.01. The number of hydrogen-bond donors (Lipinski definition) is 2. The summed E-state index contributed by atoms with van der Waals surface area (Å²) in [6.45, 7) is 10.5. The molecule has 1 fully saturated rings. The van der Waals surface area contributed by atoms with Gasteiger partial charge in [-0.15, -0.1) is 0 Å². The van der Waals surface area contributed by atoms with Gasteiger partial charge >= 0.3 is 6.09 Å². The maximum absolute atomic E-state index is 12.0. The van der Waals surface area contributed by atoms with Gasteiger partial charge in [-0.3, -0.25) is 0 Å². The van der Waals surface area contributed by atoms with Gasteiger partial charge in [0, 0.05) is 18.6 Å². The zero-order valence-electron chi connectivity index (χ0n) is 16.1. The summed E-state index contributed by atoms with van der Waals surface area (Å²) < 4.78 is 11.0. The van der Waals surface area contributed by atoms with Crippen LogP contribution in [0.4, 0.5) is 4.79 Å². The van der Waals surface area contributed by atoms with Crippen LogP contribution in [-0.2, 0) is 11.3 Å². The molecule has 0 saturated heterocycles. The molecule has 1 aromatic rings. The molecule has 1 aliphatic rings. The maximum atomic E-state index is 12.0. The van der Waals surface area contributed by atoms with Crippen molar-refractivity contribution < 1.29 is 14.3 Å². The fraction of sp³-hybridized carbons (Fsp3) is 0.650. The predicted octanol–water partition coefficient (Wildman–Crippen LogP) is 4.01. The van der Waals surface area contributed by atoms with Crippen LogP contribution in [-0.4, -0.2) is 29.9 Å². The summed E-state index contributed by atoms with van der Waals surface area (Å²) in [6, 6.07) is 8.56. The molecule has 2 rings (SSSR count). The van der Waals surface area contributed by atoms with Crippen molar-refractivity contribution in [2.45, 2.75) is 84.2 Å². The van der Waals surface area contributed by atoms with Gasteiger partial charge in [-0.2, -0.15) is 0 Å². The minimum Gasteiger partial charge on any atom is -0.491 e. The van der Waals surface area contributed by atoms with Gasteiger partial charge in [0.25, 0.3) is 0 Å². The highest BCUT2D eigenvalue weighted by Crippen LogP contribution is 2.21. The molecule has 0 heterocycles. The number of hydrogen-bond acceptors (Lipinski definition) is 4. The van der Waals surface area contributed by atoms with Crippen LogP contribution in [0.5, 0.6) is 5.75 Å².